The first-order valence-electron chi connectivity index (χ1n) is 12.7. The van der Waals surface area contributed by atoms with Gasteiger partial charge in [0.25, 0.3) is 10.1 Å². The van der Waals surface area contributed by atoms with Crippen LogP contribution in [0.1, 0.15) is 62.7 Å². The van der Waals surface area contributed by atoms with E-state index in [2.05, 4.69) is 25.2 Å². The number of fused-ring (bicyclic) bond motifs is 5. The van der Waals surface area contributed by atoms with Crippen LogP contribution in [0.2, 0.25) is 0 Å². The summed E-state index contributed by atoms with van der Waals surface area (Å²) in [6, 6.07) is 4.85. The lowest BCUT2D eigenvalue weighted by atomic mass is 9.47. The zero-order valence-electron chi connectivity index (χ0n) is 21.0. The molecule has 3 fully saturated rings. The van der Waals surface area contributed by atoms with E-state index in [1.54, 1.807) is 37.2 Å². The van der Waals surface area contributed by atoms with Gasteiger partial charge in [-0.15, -0.1) is 0 Å². The van der Waals surface area contributed by atoms with E-state index in [-0.39, 0.29) is 44.9 Å². The molecule has 3 aliphatic carbocycles. The number of nitrogens with zero attached hydrogens (tertiary/aromatic N) is 1. The fourth-order valence-electron chi connectivity index (χ4n) is 8.16. The Morgan fingerprint density at radius 1 is 1.09 bits per heavy atom. The van der Waals surface area contributed by atoms with Crippen molar-refractivity contribution in [2.75, 3.05) is 19.0 Å². The highest BCUT2D eigenvalue weighted by molar-refractivity contribution is 7.86. The summed E-state index contributed by atoms with van der Waals surface area (Å²) in [6.45, 7) is 4.49. The van der Waals surface area contributed by atoms with E-state index in [0.29, 0.717) is 23.4 Å². The topological polar surface area (TPSA) is 104 Å². The average molecular weight is 501 g/mol. The highest BCUT2D eigenvalue weighted by atomic mass is 32.2. The largest absolute Gasteiger partial charge is 0.378 e. The second kappa shape index (κ2) is 8.17. The molecule has 8 heteroatoms. The van der Waals surface area contributed by atoms with E-state index >= 15 is 0 Å². The number of ketones is 1. The minimum Gasteiger partial charge on any atom is -0.378 e. The Balaban J connectivity index is 1.46. The normalized spacial score (nSPS) is 38.2. The van der Waals surface area contributed by atoms with Crippen LogP contribution >= 0.6 is 0 Å². The van der Waals surface area contributed by atoms with Crippen molar-refractivity contribution in [2.45, 2.75) is 63.3 Å². The second-order valence-electron chi connectivity index (χ2n) is 11.8. The summed E-state index contributed by atoms with van der Waals surface area (Å²) in [7, 11) is -0.977. The summed E-state index contributed by atoms with van der Waals surface area (Å²) in [4.78, 5) is 27.3. The summed E-state index contributed by atoms with van der Waals surface area (Å²) in [5, 5.41) is 3.18. The van der Waals surface area contributed by atoms with Crippen molar-refractivity contribution >= 4 is 27.5 Å². The van der Waals surface area contributed by atoms with Crippen molar-refractivity contribution < 1.29 is 22.6 Å². The van der Waals surface area contributed by atoms with Gasteiger partial charge in [0.05, 0.1) is 0 Å². The van der Waals surface area contributed by atoms with E-state index in [1.165, 1.54) is 6.07 Å². The van der Waals surface area contributed by atoms with E-state index in [4.69, 9.17) is 0 Å². The first-order chi connectivity index (χ1) is 16.4. The Hall–Kier alpha value is -2.19. The van der Waals surface area contributed by atoms with Gasteiger partial charge in [0.2, 0.25) is 5.91 Å². The van der Waals surface area contributed by atoms with Crippen LogP contribution in [0, 0.1) is 34.5 Å². The smallest absolute Gasteiger partial charge is 0.295 e. The van der Waals surface area contributed by atoms with Gasteiger partial charge in [-0.05, 0) is 86.0 Å². The van der Waals surface area contributed by atoms with Crippen LogP contribution in [0.4, 0.5) is 5.69 Å². The number of rotatable bonds is 4. The molecule has 7 nitrogen and oxygen atoms in total. The first kappa shape index (κ1) is 24.5. The van der Waals surface area contributed by atoms with Gasteiger partial charge in [0.1, 0.15) is 4.90 Å². The SMILES string of the molecule is CN(C)c1ccc(C(=O)[C@H]2CC[C@H]3[C@@H]4CC[C@H]5NC(=O)C=C[C@]5(C)[C@H]4CC[C@]23C)c(S(=O)(=O)O)c1. The van der Waals surface area contributed by atoms with Gasteiger partial charge in [-0.2, -0.15) is 8.42 Å². The lowest BCUT2D eigenvalue weighted by molar-refractivity contribution is -0.122. The Bertz CT molecular complexity index is 1210. The van der Waals surface area contributed by atoms with E-state index in [1.807, 2.05) is 0 Å². The van der Waals surface area contributed by atoms with Gasteiger partial charge < -0.3 is 10.2 Å². The molecular formula is C27H36N2O5S. The molecule has 1 heterocycles. The Labute approximate surface area is 208 Å². The molecule has 2 N–H and O–H groups in total. The van der Waals surface area contributed by atoms with Crippen molar-refractivity contribution in [1.82, 2.24) is 5.32 Å². The highest BCUT2D eigenvalue weighted by Crippen LogP contribution is 2.65. The number of carbonyl (C=O) groups excluding carboxylic acids is 2. The van der Waals surface area contributed by atoms with Crippen molar-refractivity contribution in [1.29, 1.82) is 0 Å². The van der Waals surface area contributed by atoms with Gasteiger partial charge in [0.15, 0.2) is 5.78 Å². The van der Waals surface area contributed by atoms with Gasteiger partial charge in [-0.25, -0.2) is 0 Å². The molecule has 0 saturated heterocycles. The van der Waals surface area contributed by atoms with E-state index in [0.717, 1.165) is 38.5 Å². The molecule has 1 amide bonds. The van der Waals surface area contributed by atoms with Crippen molar-refractivity contribution in [3.8, 4) is 0 Å². The third-order valence-electron chi connectivity index (χ3n) is 10.0. The zero-order valence-corrected chi connectivity index (χ0v) is 21.8. The second-order valence-corrected chi connectivity index (χ2v) is 13.2. The van der Waals surface area contributed by atoms with Gasteiger partial charge >= 0.3 is 0 Å². The Morgan fingerprint density at radius 3 is 2.51 bits per heavy atom. The summed E-state index contributed by atoms with van der Waals surface area (Å²) in [5.41, 5.74) is 0.434. The number of amides is 1. The van der Waals surface area contributed by atoms with Gasteiger partial charge in [0, 0.05) is 42.7 Å². The van der Waals surface area contributed by atoms with Crippen molar-refractivity contribution in [2.24, 2.45) is 34.5 Å². The summed E-state index contributed by atoms with van der Waals surface area (Å²) < 4.78 is 34.4. The zero-order chi connectivity index (χ0) is 25.3. The van der Waals surface area contributed by atoms with Crippen LogP contribution in [-0.2, 0) is 14.9 Å². The van der Waals surface area contributed by atoms with Crippen LogP contribution in [0.3, 0.4) is 0 Å². The lowest BCUT2D eigenvalue weighted by Crippen LogP contribution is -2.59. The number of benzene rings is 1. The number of nitrogens with one attached hydrogen (secondary N) is 1. The molecule has 1 aliphatic heterocycles. The minimum atomic E-state index is -4.55. The maximum absolute atomic E-state index is 13.9. The molecule has 0 unspecified atom stereocenters. The molecule has 0 radical (unpaired) electrons. The van der Waals surface area contributed by atoms with Gasteiger partial charge in [-0.1, -0.05) is 19.9 Å². The summed E-state index contributed by atoms with van der Waals surface area (Å²) in [5.74, 6) is 0.868. The monoisotopic (exact) mass is 500 g/mol. The number of Topliss-reactive ketones (excluding diaryl/α,β-unsaturated/α-hetero) is 1. The number of anilines is 1. The van der Waals surface area contributed by atoms with Crippen LogP contribution < -0.4 is 10.2 Å². The van der Waals surface area contributed by atoms with Crippen LogP contribution in [0.5, 0.6) is 0 Å². The van der Waals surface area contributed by atoms with E-state index in [9.17, 15) is 22.6 Å². The molecule has 0 spiro atoms. The number of hydrogen-bond acceptors (Lipinski definition) is 5. The molecule has 4 aliphatic rings. The molecule has 7 atom stereocenters. The predicted molar refractivity (Wildman–Crippen MR) is 134 cm³/mol. The molecule has 0 aromatic heterocycles. The maximum Gasteiger partial charge on any atom is 0.295 e. The first-order valence-corrected chi connectivity index (χ1v) is 14.1. The fourth-order valence-corrected chi connectivity index (χ4v) is 8.87. The van der Waals surface area contributed by atoms with Crippen LogP contribution in [-0.4, -0.2) is 44.8 Å². The maximum atomic E-state index is 13.9. The molecule has 5 rings (SSSR count). The van der Waals surface area contributed by atoms with Crippen LogP contribution in [0.25, 0.3) is 0 Å². The highest BCUT2D eigenvalue weighted by Gasteiger charge is 2.61. The quantitative estimate of drug-likeness (QED) is 0.477. The molecular weight excluding hydrogens is 464 g/mol. The van der Waals surface area contributed by atoms with Crippen molar-refractivity contribution in [3.05, 3.63) is 35.9 Å². The third kappa shape index (κ3) is 3.75. The molecule has 35 heavy (non-hydrogen) atoms. The fraction of sp³-hybridized carbons (Fsp3) is 0.630. The summed E-state index contributed by atoms with van der Waals surface area (Å²) in [6.07, 6.45) is 9.35. The molecule has 3 saturated carbocycles. The molecule has 190 valence electrons. The van der Waals surface area contributed by atoms with Crippen molar-refractivity contribution in [3.63, 3.8) is 0 Å². The molecule has 0 bridgehead atoms. The average Bonchev–Trinajstić information content (AvgIpc) is 3.15. The summed E-state index contributed by atoms with van der Waals surface area (Å²) >= 11 is 0. The third-order valence-corrected chi connectivity index (χ3v) is 10.9. The minimum absolute atomic E-state index is 0.00646. The lowest BCUT2D eigenvalue weighted by Gasteiger charge is -2.58. The standard InChI is InChI=1S/C27H36N2O5S/c1-26-13-11-20-17(7-10-23-27(20,2)14-12-24(30)28-23)19(26)8-9-21(26)25(31)18-6-5-16(29(3)4)15-22(18)35(32,33)34/h5-6,12,14-15,17,19-21,23H,7-11,13H2,1-4H3,(H,28,30)(H,32,33,34)/t17-,19-,20-,21+,23+,26-,27+/m0/s1. The molecule has 1 aromatic carbocycles. The predicted octanol–water partition coefficient (Wildman–Crippen LogP) is 4.10. The Kier molecular flexibility index (Phi) is 5.72. The van der Waals surface area contributed by atoms with E-state index < -0.39 is 10.1 Å². The number of hydrogen-bond donors (Lipinski definition) is 2. The molecule has 1 aromatic rings. The van der Waals surface area contributed by atoms with Gasteiger partial charge in [-0.3, -0.25) is 14.1 Å². The number of carbonyl (C=O) groups is 2. The van der Waals surface area contributed by atoms with Crippen LogP contribution in [0.15, 0.2) is 35.2 Å². The Morgan fingerprint density at radius 2 is 1.83 bits per heavy atom.